The van der Waals surface area contributed by atoms with Gasteiger partial charge in [-0.3, -0.25) is 5.41 Å². The molecule has 98 valence electrons. The summed E-state index contributed by atoms with van der Waals surface area (Å²) in [5.74, 6) is 0.0971. The number of benzene rings is 2. The predicted octanol–water partition coefficient (Wildman–Crippen LogP) is 3.00. The van der Waals surface area contributed by atoms with Gasteiger partial charge in [-0.05, 0) is 29.7 Å². The summed E-state index contributed by atoms with van der Waals surface area (Å²) < 4.78 is 5.70. The lowest BCUT2D eigenvalue weighted by Gasteiger charge is -2.09. The third-order valence-corrected chi connectivity index (χ3v) is 3.02. The Labute approximate surface area is 113 Å². The normalized spacial score (nSPS) is 10.4. The maximum Gasteiger partial charge on any atom is 0.122 e. The smallest absolute Gasteiger partial charge is 0.122 e. The summed E-state index contributed by atoms with van der Waals surface area (Å²) in [6.07, 6.45) is 0. The minimum atomic E-state index is 0.0971. The van der Waals surface area contributed by atoms with Gasteiger partial charge in [0.2, 0.25) is 0 Å². The molecule has 0 aromatic heterocycles. The van der Waals surface area contributed by atoms with Gasteiger partial charge >= 0.3 is 0 Å². The van der Waals surface area contributed by atoms with Crippen LogP contribution in [0.4, 0.5) is 0 Å². The summed E-state index contributed by atoms with van der Waals surface area (Å²) in [7, 11) is 0. The summed E-state index contributed by atoms with van der Waals surface area (Å²) >= 11 is 0. The Morgan fingerprint density at radius 2 is 1.84 bits per heavy atom. The monoisotopic (exact) mass is 254 g/mol. The quantitative estimate of drug-likeness (QED) is 0.636. The van der Waals surface area contributed by atoms with Gasteiger partial charge < -0.3 is 10.5 Å². The van der Waals surface area contributed by atoms with Gasteiger partial charge in [0, 0.05) is 5.56 Å². The van der Waals surface area contributed by atoms with E-state index in [-0.39, 0.29) is 5.84 Å². The summed E-state index contributed by atoms with van der Waals surface area (Å²) in [4.78, 5) is 0. The second-order valence-electron chi connectivity index (χ2n) is 4.53. The predicted molar refractivity (Wildman–Crippen MR) is 77.1 cm³/mol. The minimum Gasteiger partial charge on any atom is -0.384 e. The fourth-order valence-electron chi connectivity index (χ4n) is 1.88. The molecular formula is C16H18N2O. The molecule has 0 aliphatic carbocycles. The van der Waals surface area contributed by atoms with E-state index in [0.717, 1.165) is 16.7 Å². The van der Waals surface area contributed by atoms with Crippen molar-refractivity contribution in [3.05, 3.63) is 70.8 Å². The Morgan fingerprint density at radius 1 is 1.11 bits per heavy atom. The number of amidine groups is 1. The first kappa shape index (κ1) is 13.3. The number of aryl methyl sites for hydroxylation is 1. The van der Waals surface area contributed by atoms with Crippen molar-refractivity contribution < 1.29 is 4.74 Å². The number of hydrogen-bond acceptors (Lipinski definition) is 2. The molecule has 0 atom stereocenters. The Hall–Kier alpha value is -2.13. The fraction of sp³-hybridized carbons (Fsp3) is 0.188. The number of hydrogen-bond donors (Lipinski definition) is 2. The van der Waals surface area contributed by atoms with Gasteiger partial charge in [0.05, 0.1) is 13.2 Å². The van der Waals surface area contributed by atoms with E-state index in [9.17, 15) is 0 Å². The Balaban J connectivity index is 1.95. The SMILES string of the molecule is Cc1cc(C(=N)N)ccc1COCc1ccccc1. The molecule has 0 aliphatic rings. The van der Waals surface area contributed by atoms with Crippen molar-refractivity contribution in [2.24, 2.45) is 5.73 Å². The second kappa shape index (κ2) is 6.16. The van der Waals surface area contributed by atoms with Gasteiger partial charge in [0.25, 0.3) is 0 Å². The molecule has 19 heavy (non-hydrogen) atoms. The van der Waals surface area contributed by atoms with E-state index >= 15 is 0 Å². The molecule has 3 nitrogen and oxygen atoms in total. The van der Waals surface area contributed by atoms with E-state index in [2.05, 4.69) is 0 Å². The van der Waals surface area contributed by atoms with E-state index in [1.54, 1.807) is 0 Å². The van der Waals surface area contributed by atoms with Crippen molar-refractivity contribution in [1.82, 2.24) is 0 Å². The van der Waals surface area contributed by atoms with Crippen molar-refractivity contribution in [2.45, 2.75) is 20.1 Å². The Morgan fingerprint density at radius 3 is 2.47 bits per heavy atom. The molecule has 3 heteroatoms. The molecule has 2 aromatic carbocycles. The average Bonchev–Trinajstić information content (AvgIpc) is 2.41. The van der Waals surface area contributed by atoms with Gasteiger partial charge in [0.1, 0.15) is 5.84 Å². The summed E-state index contributed by atoms with van der Waals surface area (Å²) in [5.41, 5.74) is 9.61. The molecule has 0 saturated heterocycles. The molecule has 0 spiro atoms. The molecule has 0 heterocycles. The molecular weight excluding hydrogens is 236 g/mol. The van der Waals surface area contributed by atoms with Crippen LogP contribution in [0.2, 0.25) is 0 Å². The lowest BCUT2D eigenvalue weighted by Crippen LogP contribution is -2.11. The van der Waals surface area contributed by atoms with Crippen molar-refractivity contribution in [2.75, 3.05) is 0 Å². The highest BCUT2D eigenvalue weighted by molar-refractivity contribution is 5.95. The second-order valence-corrected chi connectivity index (χ2v) is 4.53. The number of nitrogens with two attached hydrogens (primary N) is 1. The Bertz CT molecular complexity index is 564. The molecule has 2 aromatic rings. The van der Waals surface area contributed by atoms with E-state index in [1.165, 1.54) is 5.56 Å². The zero-order valence-electron chi connectivity index (χ0n) is 11.0. The van der Waals surface area contributed by atoms with Gasteiger partial charge in [-0.15, -0.1) is 0 Å². The highest BCUT2D eigenvalue weighted by Gasteiger charge is 2.02. The van der Waals surface area contributed by atoms with Crippen LogP contribution in [-0.4, -0.2) is 5.84 Å². The van der Waals surface area contributed by atoms with Crippen LogP contribution >= 0.6 is 0 Å². The maximum absolute atomic E-state index is 7.40. The molecule has 0 aliphatic heterocycles. The van der Waals surface area contributed by atoms with Gasteiger partial charge in [0.15, 0.2) is 0 Å². The first-order valence-corrected chi connectivity index (χ1v) is 6.22. The van der Waals surface area contributed by atoms with Crippen molar-refractivity contribution in [1.29, 1.82) is 5.41 Å². The highest BCUT2D eigenvalue weighted by Crippen LogP contribution is 2.13. The van der Waals surface area contributed by atoms with Crippen LogP contribution < -0.4 is 5.73 Å². The van der Waals surface area contributed by atoms with Crippen LogP contribution in [0.1, 0.15) is 22.3 Å². The average molecular weight is 254 g/mol. The van der Waals surface area contributed by atoms with E-state index in [1.807, 2.05) is 55.5 Å². The maximum atomic E-state index is 7.40. The topological polar surface area (TPSA) is 59.1 Å². The molecule has 0 radical (unpaired) electrons. The number of rotatable bonds is 5. The van der Waals surface area contributed by atoms with Crippen LogP contribution in [0, 0.1) is 12.3 Å². The first-order chi connectivity index (χ1) is 9.16. The summed E-state index contributed by atoms with van der Waals surface area (Å²) in [6, 6.07) is 15.8. The number of nitrogen functional groups attached to an aromatic ring is 1. The third-order valence-electron chi connectivity index (χ3n) is 3.02. The van der Waals surface area contributed by atoms with Crippen LogP contribution in [0.5, 0.6) is 0 Å². The summed E-state index contributed by atoms with van der Waals surface area (Å²) in [5, 5.41) is 7.40. The van der Waals surface area contributed by atoms with E-state index in [0.29, 0.717) is 13.2 Å². The van der Waals surface area contributed by atoms with Crippen LogP contribution in [-0.2, 0) is 18.0 Å². The Kier molecular flexibility index (Phi) is 4.31. The molecule has 2 rings (SSSR count). The third kappa shape index (κ3) is 3.66. The molecule has 0 amide bonds. The number of nitrogens with one attached hydrogen (secondary N) is 1. The van der Waals surface area contributed by atoms with Crippen molar-refractivity contribution in [3.63, 3.8) is 0 Å². The minimum absolute atomic E-state index is 0.0971. The lowest BCUT2D eigenvalue weighted by atomic mass is 10.1. The zero-order chi connectivity index (χ0) is 13.7. The van der Waals surface area contributed by atoms with E-state index in [4.69, 9.17) is 15.9 Å². The first-order valence-electron chi connectivity index (χ1n) is 6.22. The van der Waals surface area contributed by atoms with Gasteiger partial charge in [-0.25, -0.2) is 0 Å². The van der Waals surface area contributed by atoms with E-state index < -0.39 is 0 Å². The molecule has 3 N–H and O–H groups in total. The summed E-state index contributed by atoms with van der Waals surface area (Å²) in [6.45, 7) is 3.18. The van der Waals surface area contributed by atoms with Gasteiger partial charge in [-0.1, -0.05) is 42.5 Å². The van der Waals surface area contributed by atoms with Gasteiger partial charge in [-0.2, -0.15) is 0 Å². The standard InChI is InChI=1S/C16H18N2O/c1-12-9-14(16(17)18)7-8-15(12)11-19-10-13-5-3-2-4-6-13/h2-9H,10-11H2,1H3,(H3,17,18). The van der Waals surface area contributed by atoms with Crippen LogP contribution in [0.15, 0.2) is 48.5 Å². The van der Waals surface area contributed by atoms with Crippen LogP contribution in [0.25, 0.3) is 0 Å². The molecule has 0 fully saturated rings. The van der Waals surface area contributed by atoms with Crippen molar-refractivity contribution in [3.8, 4) is 0 Å². The fourth-order valence-corrected chi connectivity index (χ4v) is 1.88. The molecule has 0 saturated carbocycles. The highest BCUT2D eigenvalue weighted by atomic mass is 16.5. The van der Waals surface area contributed by atoms with Crippen molar-refractivity contribution >= 4 is 5.84 Å². The molecule has 0 bridgehead atoms. The van der Waals surface area contributed by atoms with Crippen LogP contribution in [0.3, 0.4) is 0 Å². The lowest BCUT2D eigenvalue weighted by molar-refractivity contribution is 0.107. The number of ether oxygens (including phenoxy) is 1. The molecule has 0 unspecified atom stereocenters. The zero-order valence-corrected chi connectivity index (χ0v) is 11.0. The largest absolute Gasteiger partial charge is 0.384 e.